The molecule has 1 saturated heterocycles. The van der Waals surface area contributed by atoms with Crippen LogP contribution in [-0.4, -0.2) is 50.3 Å². The Morgan fingerprint density at radius 2 is 1.83 bits per heavy atom. The molecule has 0 bridgehead atoms. The lowest BCUT2D eigenvalue weighted by molar-refractivity contribution is -0.127. The maximum atomic E-state index is 13.0. The molecule has 0 aromatic heterocycles. The molecule has 2 fully saturated rings. The molecule has 1 saturated carbocycles. The highest BCUT2D eigenvalue weighted by Gasteiger charge is 2.33. The average Bonchev–Trinajstić information content (AvgIpc) is 2.75. The molecule has 2 N–H and O–H groups in total. The first-order valence-corrected chi connectivity index (χ1v) is 12.1. The van der Waals surface area contributed by atoms with Gasteiger partial charge < -0.3 is 15.4 Å². The Morgan fingerprint density at radius 3 is 2.53 bits per heavy atom. The maximum absolute atomic E-state index is 13.0. The van der Waals surface area contributed by atoms with Gasteiger partial charge in [0.15, 0.2) is 6.61 Å². The van der Waals surface area contributed by atoms with Gasteiger partial charge >= 0.3 is 0 Å². The highest BCUT2D eigenvalue weighted by atomic mass is 32.2. The molecule has 1 aromatic carbocycles. The van der Waals surface area contributed by atoms with E-state index in [1.807, 2.05) is 0 Å². The fourth-order valence-corrected chi connectivity index (χ4v) is 5.93. The predicted molar refractivity (Wildman–Crippen MR) is 112 cm³/mol. The zero-order valence-electron chi connectivity index (χ0n) is 17.2. The minimum atomic E-state index is -3.68. The monoisotopic (exact) mass is 435 g/mol. The van der Waals surface area contributed by atoms with E-state index in [4.69, 9.17) is 4.74 Å². The van der Waals surface area contributed by atoms with E-state index < -0.39 is 10.0 Å². The number of hydrogen-bond acceptors (Lipinski definition) is 5. The Labute approximate surface area is 177 Å². The number of sulfonamides is 1. The molecule has 1 aliphatic carbocycles. The maximum Gasteiger partial charge on any atom is 0.262 e. The highest BCUT2D eigenvalue weighted by Crippen LogP contribution is 2.32. The Morgan fingerprint density at radius 1 is 1.13 bits per heavy atom. The van der Waals surface area contributed by atoms with Crippen LogP contribution in [0.15, 0.2) is 23.1 Å². The van der Waals surface area contributed by atoms with Crippen molar-refractivity contribution in [3.05, 3.63) is 18.2 Å². The van der Waals surface area contributed by atoms with Crippen LogP contribution < -0.4 is 15.4 Å². The second-order valence-electron chi connectivity index (χ2n) is 8.64. The topological polar surface area (TPSA) is 105 Å². The zero-order chi connectivity index (χ0) is 21.3. The predicted octanol–water partition coefficient (Wildman–Crippen LogP) is 2.11. The third-order valence-electron chi connectivity index (χ3n) is 6.41. The molecule has 0 atom stereocenters. The first-order valence-electron chi connectivity index (χ1n) is 10.7. The smallest absolute Gasteiger partial charge is 0.262 e. The number of amides is 2. The number of piperidine rings is 1. The molecule has 2 aliphatic heterocycles. The second kappa shape index (κ2) is 8.55. The molecular formula is C21H29N3O5S. The van der Waals surface area contributed by atoms with Crippen molar-refractivity contribution in [2.75, 3.05) is 25.0 Å². The molecule has 0 radical (unpaired) electrons. The fourth-order valence-electron chi connectivity index (χ4n) is 4.45. The fraction of sp³-hybridized carbons (Fsp3) is 0.619. The Hall–Kier alpha value is -2.13. The Bertz CT molecular complexity index is 917. The molecule has 3 aliphatic rings. The third kappa shape index (κ3) is 4.46. The molecule has 2 amide bonds. The van der Waals surface area contributed by atoms with Gasteiger partial charge in [-0.25, -0.2) is 8.42 Å². The summed E-state index contributed by atoms with van der Waals surface area (Å²) in [5.74, 6) is 0.743. The van der Waals surface area contributed by atoms with E-state index in [0.717, 1.165) is 31.6 Å². The number of carbonyl (C=O) groups is 2. The van der Waals surface area contributed by atoms with Crippen LogP contribution in [0.3, 0.4) is 0 Å². The normalized spacial score (nSPS) is 25.7. The van der Waals surface area contributed by atoms with Crippen LogP contribution in [0.25, 0.3) is 0 Å². The molecule has 2 heterocycles. The van der Waals surface area contributed by atoms with Gasteiger partial charge in [-0.2, -0.15) is 4.31 Å². The van der Waals surface area contributed by atoms with Crippen LogP contribution in [0.1, 0.15) is 45.4 Å². The van der Waals surface area contributed by atoms with Crippen molar-refractivity contribution < 1.29 is 22.7 Å². The van der Waals surface area contributed by atoms with E-state index >= 15 is 0 Å². The van der Waals surface area contributed by atoms with Gasteiger partial charge in [0.25, 0.3) is 5.91 Å². The number of nitrogens with zero attached hydrogens (tertiary/aromatic N) is 1. The summed E-state index contributed by atoms with van der Waals surface area (Å²) in [6.07, 6.45) is 5.39. The van der Waals surface area contributed by atoms with Crippen molar-refractivity contribution in [2.24, 2.45) is 11.8 Å². The third-order valence-corrected chi connectivity index (χ3v) is 8.31. The number of nitrogens with one attached hydrogen (secondary N) is 2. The molecule has 0 unspecified atom stereocenters. The van der Waals surface area contributed by atoms with Crippen molar-refractivity contribution >= 4 is 27.5 Å². The first-order chi connectivity index (χ1) is 14.3. The summed E-state index contributed by atoms with van der Waals surface area (Å²) in [6, 6.07) is 4.73. The van der Waals surface area contributed by atoms with Gasteiger partial charge in [0.1, 0.15) is 5.75 Å². The second-order valence-corrected chi connectivity index (χ2v) is 10.6. The van der Waals surface area contributed by atoms with E-state index in [2.05, 4.69) is 17.6 Å². The van der Waals surface area contributed by atoms with Crippen molar-refractivity contribution in [1.82, 2.24) is 9.62 Å². The number of rotatable bonds is 4. The van der Waals surface area contributed by atoms with Crippen LogP contribution in [0.5, 0.6) is 5.75 Å². The number of carbonyl (C=O) groups excluding carboxylic acids is 2. The minimum absolute atomic E-state index is 0.0597. The lowest BCUT2D eigenvalue weighted by Crippen LogP contribution is -2.46. The molecule has 4 rings (SSSR count). The van der Waals surface area contributed by atoms with Crippen LogP contribution >= 0.6 is 0 Å². The van der Waals surface area contributed by atoms with Gasteiger partial charge in [-0.05, 0) is 56.6 Å². The summed E-state index contributed by atoms with van der Waals surface area (Å²) < 4.78 is 32.9. The van der Waals surface area contributed by atoms with Crippen molar-refractivity contribution in [3.8, 4) is 5.75 Å². The molecule has 0 spiro atoms. The number of fused-ring (bicyclic) bond motifs is 1. The van der Waals surface area contributed by atoms with E-state index in [1.165, 1.54) is 16.4 Å². The standard InChI is InChI=1S/C21H29N3O5S/c1-14-2-4-16(5-3-14)22-21(26)15-8-10-24(11-9-15)30(27,28)17-6-7-18-19(12-17)29-13-20(25)23-18/h6-7,12,14-16H,2-5,8-11,13H2,1H3,(H,22,26)(H,23,25). The largest absolute Gasteiger partial charge is 0.482 e. The summed E-state index contributed by atoms with van der Waals surface area (Å²) in [5, 5.41) is 5.83. The Balaban J connectivity index is 1.35. The van der Waals surface area contributed by atoms with Gasteiger partial charge in [-0.15, -0.1) is 0 Å². The molecule has 9 heteroatoms. The van der Waals surface area contributed by atoms with Crippen LogP contribution in [0.2, 0.25) is 0 Å². The van der Waals surface area contributed by atoms with Crippen LogP contribution in [-0.2, 0) is 19.6 Å². The van der Waals surface area contributed by atoms with Crippen molar-refractivity contribution in [1.29, 1.82) is 0 Å². The van der Waals surface area contributed by atoms with Gasteiger partial charge in [-0.1, -0.05) is 6.92 Å². The summed E-state index contributed by atoms with van der Waals surface area (Å²) in [7, 11) is -3.68. The number of anilines is 1. The zero-order valence-corrected chi connectivity index (χ0v) is 18.0. The molecule has 164 valence electrons. The number of benzene rings is 1. The lowest BCUT2D eigenvalue weighted by atomic mass is 9.87. The summed E-state index contributed by atoms with van der Waals surface area (Å²) in [5.41, 5.74) is 0.470. The van der Waals surface area contributed by atoms with Gasteiger partial charge in [0.05, 0.1) is 10.6 Å². The van der Waals surface area contributed by atoms with Gasteiger partial charge in [-0.3, -0.25) is 9.59 Å². The van der Waals surface area contributed by atoms with Crippen LogP contribution in [0.4, 0.5) is 5.69 Å². The molecule has 30 heavy (non-hydrogen) atoms. The van der Waals surface area contributed by atoms with Crippen LogP contribution in [0, 0.1) is 11.8 Å². The van der Waals surface area contributed by atoms with Gasteiger partial charge in [0, 0.05) is 31.1 Å². The first kappa shape index (κ1) is 21.1. The SMILES string of the molecule is CC1CCC(NC(=O)C2CCN(S(=O)(=O)c3ccc4c(c3)OCC(=O)N4)CC2)CC1. The molecular weight excluding hydrogens is 406 g/mol. The quantitative estimate of drug-likeness (QED) is 0.754. The van der Waals surface area contributed by atoms with E-state index in [0.29, 0.717) is 37.4 Å². The number of ether oxygens (including phenoxy) is 1. The Kier molecular flexibility index (Phi) is 6.02. The summed E-state index contributed by atoms with van der Waals surface area (Å²) >= 11 is 0. The summed E-state index contributed by atoms with van der Waals surface area (Å²) in [6.45, 7) is 2.75. The summed E-state index contributed by atoms with van der Waals surface area (Å²) in [4.78, 5) is 24.2. The number of hydrogen-bond donors (Lipinski definition) is 2. The minimum Gasteiger partial charge on any atom is -0.482 e. The van der Waals surface area contributed by atoms with Gasteiger partial charge in [0.2, 0.25) is 15.9 Å². The molecule has 1 aromatic rings. The van der Waals surface area contributed by atoms with E-state index in [-0.39, 0.29) is 35.3 Å². The average molecular weight is 436 g/mol. The molecule has 8 nitrogen and oxygen atoms in total. The van der Waals surface area contributed by atoms with Crippen molar-refractivity contribution in [2.45, 2.75) is 56.4 Å². The van der Waals surface area contributed by atoms with Crippen molar-refractivity contribution in [3.63, 3.8) is 0 Å². The van der Waals surface area contributed by atoms with E-state index in [1.54, 1.807) is 6.07 Å². The highest BCUT2D eigenvalue weighted by molar-refractivity contribution is 7.89. The van der Waals surface area contributed by atoms with E-state index in [9.17, 15) is 18.0 Å². The lowest BCUT2D eigenvalue weighted by Gasteiger charge is -2.33.